The highest BCUT2D eigenvalue weighted by molar-refractivity contribution is 6.03. The molecule has 1 saturated heterocycles. The molecule has 0 bridgehead atoms. The molecule has 2 aliphatic rings. The summed E-state index contributed by atoms with van der Waals surface area (Å²) in [6, 6.07) is 12.5. The highest BCUT2D eigenvalue weighted by Gasteiger charge is 2.19. The van der Waals surface area contributed by atoms with Gasteiger partial charge in [-0.05, 0) is 29.8 Å². The van der Waals surface area contributed by atoms with Crippen LogP contribution < -0.4 is 25.4 Å². The number of rotatable bonds is 6. The highest BCUT2D eigenvalue weighted by atomic mass is 35.5. The van der Waals surface area contributed by atoms with E-state index in [4.69, 9.17) is 14.2 Å². The molecule has 9 heteroatoms. The van der Waals surface area contributed by atoms with Crippen molar-refractivity contribution in [3.8, 4) is 11.5 Å². The Balaban J connectivity index is 0.00000256. The number of carbonyl (C=O) groups excluding carboxylic acids is 2. The first-order valence-corrected chi connectivity index (χ1v) is 9.56. The quantitative estimate of drug-likeness (QED) is 0.645. The van der Waals surface area contributed by atoms with Crippen LogP contribution in [-0.4, -0.2) is 44.4 Å². The fourth-order valence-corrected chi connectivity index (χ4v) is 3.29. The van der Waals surface area contributed by atoms with Crippen molar-refractivity contribution in [3.05, 3.63) is 53.6 Å². The summed E-state index contributed by atoms with van der Waals surface area (Å²) in [7, 11) is 0. The van der Waals surface area contributed by atoms with Crippen molar-refractivity contribution in [2.24, 2.45) is 0 Å². The summed E-state index contributed by atoms with van der Waals surface area (Å²) in [5.74, 6) is 0.942. The molecule has 2 amide bonds. The summed E-state index contributed by atoms with van der Waals surface area (Å²) in [5, 5.41) is 8.97. The Morgan fingerprint density at radius 3 is 2.77 bits per heavy atom. The van der Waals surface area contributed by atoms with E-state index in [2.05, 4.69) is 16.0 Å². The van der Waals surface area contributed by atoms with Gasteiger partial charge in [0.25, 0.3) is 5.91 Å². The van der Waals surface area contributed by atoms with E-state index in [1.54, 1.807) is 24.3 Å². The number of carbonyl (C=O) groups is 2. The molecule has 0 aromatic heterocycles. The first-order valence-electron chi connectivity index (χ1n) is 9.56. The number of hydrogen-bond donors (Lipinski definition) is 3. The second kappa shape index (κ2) is 10.3. The summed E-state index contributed by atoms with van der Waals surface area (Å²) in [5.41, 5.74) is 1.79. The SMILES string of the molecule is Cl.O=C(CC1COCCN1)Nc1ccccc1C(=O)NCc1ccc2c(c1)OCO2. The normalized spacial score (nSPS) is 17.0. The van der Waals surface area contributed by atoms with Crippen LogP contribution in [0.2, 0.25) is 0 Å². The lowest BCUT2D eigenvalue weighted by atomic mass is 10.1. The summed E-state index contributed by atoms with van der Waals surface area (Å²) < 4.78 is 16.0. The number of halogens is 1. The fourth-order valence-electron chi connectivity index (χ4n) is 3.29. The maximum Gasteiger partial charge on any atom is 0.253 e. The third-order valence-electron chi connectivity index (χ3n) is 4.77. The minimum absolute atomic E-state index is 0. The highest BCUT2D eigenvalue weighted by Crippen LogP contribution is 2.32. The molecule has 2 aliphatic heterocycles. The Bertz CT molecular complexity index is 902. The van der Waals surface area contributed by atoms with Crippen molar-refractivity contribution in [2.45, 2.75) is 19.0 Å². The topological polar surface area (TPSA) is 97.9 Å². The zero-order valence-electron chi connectivity index (χ0n) is 16.3. The van der Waals surface area contributed by atoms with Gasteiger partial charge in [0.05, 0.1) is 24.5 Å². The number of anilines is 1. The molecule has 3 N–H and O–H groups in total. The van der Waals surface area contributed by atoms with E-state index in [9.17, 15) is 9.59 Å². The van der Waals surface area contributed by atoms with Crippen LogP contribution in [0, 0.1) is 0 Å². The molecular formula is C21H24ClN3O5. The lowest BCUT2D eigenvalue weighted by molar-refractivity contribution is -0.117. The average molecular weight is 434 g/mol. The molecule has 1 fully saturated rings. The summed E-state index contributed by atoms with van der Waals surface area (Å²) in [6.45, 7) is 2.44. The number of fused-ring (bicyclic) bond motifs is 1. The maximum atomic E-state index is 12.7. The number of nitrogens with one attached hydrogen (secondary N) is 3. The Morgan fingerprint density at radius 1 is 1.10 bits per heavy atom. The molecular weight excluding hydrogens is 410 g/mol. The largest absolute Gasteiger partial charge is 0.454 e. The zero-order valence-corrected chi connectivity index (χ0v) is 17.1. The summed E-state index contributed by atoms with van der Waals surface area (Å²) >= 11 is 0. The molecule has 4 rings (SSSR count). The van der Waals surface area contributed by atoms with Gasteiger partial charge in [-0.15, -0.1) is 12.4 Å². The number of ether oxygens (including phenoxy) is 3. The van der Waals surface area contributed by atoms with E-state index in [1.165, 1.54) is 0 Å². The van der Waals surface area contributed by atoms with Crippen LogP contribution in [0.3, 0.4) is 0 Å². The first-order chi connectivity index (χ1) is 14.2. The summed E-state index contributed by atoms with van der Waals surface area (Å²) in [6.07, 6.45) is 0.285. The van der Waals surface area contributed by atoms with Gasteiger partial charge < -0.3 is 30.2 Å². The number of para-hydroxylation sites is 1. The molecule has 30 heavy (non-hydrogen) atoms. The van der Waals surface area contributed by atoms with Crippen LogP contribution in [0.15, 0.2) is 42.5 Å². The lowest BCUT2D eigenvalue weighted by Crippen LogP contribution is -2.43. The van der Waals surface area contributed by atoms with Crippen LogP contribution in [0.4, 0.5) is 5.69 Å². The minimum Gasteiger partial charge on any atom is -0.454 e. The van der Waals surface area contributed by atoms with Crippen LogP contribution in [0.5, 0.6) is 11.5 Å². The Labute approximate surface area is 180 Å². The number of benzene rings is 2. The van der Waals surface area contributed by atoms with E-state index >= 15 is 0 Å². The van der Waals surface area contributed by atoms with Crippen LogP contribution in [-0.2, 0) is 16.1 Å². The molecule has 1 unspecified atom stereocenters. The van der Waals surface area contributed by atoms with Crippen molar-refractivity contribution >= 4 is 29.9 Å². The smallest absolute Gasteiger partial charge is 0.253 e. The molecule has 160 valence electrons. The third kappa shape index (κ3) is 5.41. The molecule has 0 aliphatic carbocycles. The van der Waals surface area contributed by atoms with E-state index in [-0.39, 0.29) is 43.5 Å². The van der Waals surface area contributed by atoms with Gasteiger partial charge in [-0.2, -0.15) is 0 Å². The second-order valence-electron chi connectivity index (χ2n) is 6.89. The third-order valence-corrected chi connectivity index (χ3v) is 4.77. The minimum atomic E-state index is -0.266. The number of amides is 2. The van der Waals surface area contributed by atoms with E-state index in [1.807, 2.05) is 18.2 Å². The standard InChI is InChI=1S/C21H23N3O5.ClH/c25-20(10-15-12-27-8-7-22-15)24-17-4-2-1-3-16(17)21(26)23-11-14-5-6-18-19(9-14)29-13-28-18;/h1-6,9,15,22H,7-8,10-13H2,(H,23,26)(H,24,25);1H. The molecule has 0 saturated carbocycles. The Hall–Kier alpha value is -2.81. The Morgan fingerprint density at radius 2 is 1.93 bits per heavy atom. The van der Waals surface area contributed by atoms with Gasteiger partial charge in [0.1, 0.15) is 0 Å². The van der Waals surface area contributed by atoms with Crippen LogP contribution >= 0.6 is 12.4 Å². The zero-order chi connectivity index (χ0) is 20.1. The van der Waals surface area contributed by atoms with E-state index < -0.39 is 0 Å². The van der Waals surface area contributed by atoms with Gasteiger partial charge in [-0.1, -0.05) is 18.2 Å². The molecule has 2 heterocycles. The molecule has 2 aromatic rings. The predicted molar refractivity (Wildman–Crippen MR) is 113 cm³/mol. The summed E-state index contributed by atoms with van der Waals surface area (Å²) in [4.78, 5) is 25.1. The van der Waals surface area contributed by atoms with E-state index in [0.717, 1.165) is 12.1 Å². The van der Waals surface area contributed by atoms with Gasteiger partial charge >= 0.3 is 0 Å². The van der Waals surface area contributed by atoms with Crippen molar-refractivity contribution < 1.29 is 23.8 Å². The monoisotopic (exact) mass is 433 g/mol. The van der Waals surface area contributed by atoms with Gasteiger partial charge in [-0.3, -0.25) is 9.59 Å². The van der Waals surface area contributed by atoms with Gasteiger partial charge in [0, 0.05) is 25.6 Å². The second-order valence-corrected chi connectivity index (χ2v) is 6.89. The molecule has 0 spiro atoms. The van der Waals surface area contributed by atoms with Crippen LogP contribution in [0.1, 0.15) is 22.3 Å². The van der Waals surface area contributed by atoms with E-state index in [0.29, 0.717) is 42.5 Å². The number of hydrogen-bond acceptors (Lipinski definition) is 6. The molecule has 1 atom stereocenters. The maximum absolute atomic E-state index is 12.7. The fraction of sp³-hybridized carbons (Fsp3) is 0.333. The van der Waals surface area contributed by atoms with Gasteiger partial charge in [-0.25, -0.2) is 0 Å². The van der Waals surface area contributed by atoms with Crippen molar-refractivity contribution in [1.29, 1.82) is 0 Å². The first kappa shape index (κ1) is 21.9. The molecule has 8 nitrogen and oxygen atoms in total. The predicted octanol–water partition coefficient (Wildman–Crippen LogP) is 2.08. The van der Waals surface area contributed by atoms with Crippen molar-refractivity contribution in [1.82, 2.24) is 10.6 Å². The Kier molecular flexibility index (Phi) is 7.51. The molecule has 0 radical (unpaired) electrons. The molecule has 2 aromatic carbocycles. The lowest BCUT2D eigenvalue weighted by Gasteiger charge is -2.23. The number of morpholine rings is 1. The van der Waals surface area contributed by atoms with Crippen LogP contribution in [0.25, 0.3) is 0 Å². The van der Waals surface area contributed by atoms with Gasteiger partial charge in [0.15, 0.2) is 11.5 Å². The van der Waals surface area contributed by atoms with Crippen molar-refractivity contribution in [2.75, 3.05) is 31.9 Å². The van der Waals surface area contributed by atoms with Gasteiger partial charge in [0.2, 0.25) is 12.7 Å². The van der Waals surface area contributed by atoms with Crippen molar-refractivity contribution in [3.63, 3.8) is 0 Å². The average Bonchev–Trinajstić information content (AvgIpc) is 3.21.